The van der Waals surface area contributed by atoms with Gasteiger partial charge in [-0.05, 0) is 30.7 Å². The van der Waals surface area contributed by atoms with E-state index in [0.29, 0.717) is 30.7 Å². The Morgan fingerprint density at radius 1 is 1.10 bits per heavy atom. The minimum absolute atomic E-state index is 0.251. The summed E-state index contributed by atoms with van der Waals surface area (Å²) in [6, 6.07) is 14.4. The van der Waals surface area contributed by atoms with Crippen LogP contribution in [-0.4, -0.2) is 42.5 Å². The molecule has 0 saturated heterocycles. The van der Waals surface area contributed by atoms with Gasteiger partial charge in [-0.1, -0.05) is 48.0 Å². The third kappa shape index (κ3) is 2.52. The van der Waals surface area contributed by atoms with Gasteiger partial charge in [0.05, 0.1) is 23.2 Å². The molecule has 1 aromatic heterocycles. The van der Waals surface area contributed by atoms with E-state index in [1.54, 1.807) is 24.3 Å². The number of carbonyl (C=O) groups excluding carboxylic acids is 1. The Balaban J connectivity index is 1.76. The number of aromatic nitrogens is 1. The van der Waals surface area contributed by atoms with Crippen molar-refractivity contribution < 1.29 is 17.9 Å². The average molecular weight is 423 g/mol. The predicted molar refractivity (Wildman–Crippen MR) is 114 cm³/mol. The summed E-state index contributed by atoms with van der Waals surface area (Å²) in [5, 5.41) is 0.853. The Bertz CT molecular complexity index is 1300. The summed E-state index contributed by atoms with van der Waals surface area (Å²) in [5.74, 6) is -0.319. The van der Waals surface area contributed by atoms with Crippen molar-refractivity contribution in [2.75, 3.05) is 13.7 Å². The number of methoxy groups -OCH3 is 1. The highest BCUT2D eigenvalue weighted by molar-refractivity contribution is 7.90. The summed E-state index contributed by atoms with van der Waals surface area (Å²) in [5.41, 5.74) is 2.34. The smallest absolute Gasteiger partial charge is 0.330 e. The lowest BCUT2D eigenvalue weighted by molar-refractivity contribution is -0.152. The summed E-state index contributed by atoms with van der Waals surface area (Å²) >= 11 is 0. The van der Waals surface area contributed by atoms with Crippen molar-refractivity contribution in [1.82, 2.24) is 8.87 Å². The quantitative estimate of drug-likeness (QED) is 0.479. The second kappa shape index (κ2) is 6.55. The second-order valence-electron chi connectivity index (χ2n) is 7.90. The topological polar surface area (TPSA) is 68.6 Å². The highest BCUT2D eigenvalue weighted by Gasteiger charge is 2.50. The SMILES string of the molecule is COC(=O)[C@]12C=CCN1Cc1c(c3ccccc3n1S(=O)(=O)c1ccc(C)cc1)C2. The molecule has 1 atom stereocenters. The van der Waals surface area contributed by atoms with Crippen LogP contribution < -0.4 is 0 Å². The Morgan fingerprint density at radius 3 is 2.57 bits per heavy atom. The van der Waals surface area contributed by atoms with Crippen molar-refractivity contribution in [2.45, 2.75) is 30.3 Å². The van der Waals surface area contributed by atoms with E-state index < -0.39 is 15.6 Å². The van der Waals surface area contributed by atoms with E-state index in [2.05, 4.69) is 0 Å². The summed E-state index contributed by atoms with van der Waals surface area (Å²) in [4.78, 5) is 15.0. The van der Waals surface area contributed by atoms with Crippen LogP contribution in [0.1, 0.15) is 16.8 Å². The van der Waals surface area contributed by atoms with Gasteiger partial charge in [0.25, 0.3) is 10.0 Å². The molecule has 0 radical (unpaired) electrons. The number of hydrogen-bond acceptors (Lipinski definition) is 5. The van der Waals surface area contributed by atoms with Crippen LogP contribution in [0, 0.1) is 6.92 Å². The van der Waals surface area contributed by atoms with Crippen molar-refractivity contribution in [3.05, 3.63) is 77.5 Å². The summed E-state index contributed by atoms with van der Waals surface area (Å²) in [6.07, 6.45) is 4.22. The fraction of sp³-hybridized carbons (Fsp3) is 0.261. The fourth-order valence-corrected chi connectivity index (χ4v) is 6.26. The average Bonchev–Trinajstić information content (AvgIpc) is 3.31. The number of benzene rings is 2. The van der Waals surface area contributed by atoms with Crippen LogP contribution in [-0.2, 0) is 32.5 Å². The van der Waals surface area contributed by atoms with Crippen molar-refractivity contribution in [1.29, 1.82) is 0 Å². The normalized spacial score (nSPS) is 20.9. The summed E-state index contributed by atoms with van der Waals surface area (Å²) in [6.45, 7) is 2.84. The molecule has 0 amide bonds. The Kier molecular flexibility index (Phi) is 4.17. The highest BCUT2D eigenvalue weighted by Crippen LogP contribution is 2.42. The first kappa shape index (κ1) is 19.1. The third-order valence-corrected chi connectivity index (χ3v) is 7.98. The molecule has 0 saturated carbocycles. The van der Waals surface area contributed by atoms with Gasteiger partial charge in [0.15, 0.2) is 0 Å². The van der Waals surface area contributed by atoms with E-state index in [1.165, 1.54) is 11.1 Å². The molecule has 2 aliphatic heterocycles. The third-order valence-electron chi connectivity index (χ3n) is 6.21. The van der Waals surface area contributed by atoms with Crippen LogP contribution in [0.15, 0.2) is 65.6 Å². The van der Waals surface area contributed by atoms with Gasteiger partial charge < -0.3 is 4.74 Å². The minimum Gasteiger partial charge on any atom is -0.467 e. The summed E-state index contributed by atoms with van der Waals surface area (Å²) < 4.78 is 34.0. The maximum Gasteiger partial charge on any atom is 0.330 e. The molecule has 2 aliphatic rings. The van der Waals surface area contributed by atoms with Crippen molar-refractivity contribution in [3.63, 3.8) is 0 Å². The van der Waals surface area contributed by atoms with E-state index >= 15 is 0 Å². The number of esters is 1. The van der Waals surface area contributed by atoms with Gasteiger partial charge in [-0.2, -0.15) is 0 Å². The van der Waals surface area contributed by atoms with Gasteiger partial charge in [-0.15, -0.1) is 0 Å². The summed E-state index contributed by atoms with van der Waals surface area (Å²) in [7, 11) is -2.41. The van der Waals surface area contributed by atoms with Crippen LogP contribution in [0.25, 0.3) is 10.9 Å². The van der Waals surface area contributed by atoms with E-state index in [0.717, 1.165) is 16.5 Å². The molecule has 0 aliphatic carbocycles. The van der Waals surface area contributed by atoms with Crippen LogP contribution in [0.5, 0.6) is 0 Å². The van der Waals surface area contributed by atoms with Gasteiger partial charge in [0, 0.05) is 24.9 Å². The molecule has 5 rings (SSSR count). The Hall–Kier alpha value is -2.90. The minimum atomic E-state index is -3.80. The highest BCUT2D eigenvalue weighted by atomic mass is 32.2. The largest absolute Gasteiger partial charge is 0.467 e. The first-order valence-corrected chi connectivity index (χ1v) is 11.3. The van der Waals surface area contributed by atoms with E-state index in [4.69, 9.17) is 4.74 Å². The number of carbonyl (C=O) groups is 1. The molecular weight excluding hydrogens is 400 g/mol. The zero-order valence-electron chi connectivity index (χ0n) is 16.8. The number of para-hydroxylation sites is 1. The van der Waals surface area contributed by atoms with Crippen molar-refractivity contribution >= 4 is 26.9 Å². The zero-order valence-corrected chi connectivity index (χ0v) is 17.6. The molecule has 30 heavy (non-hydrogen) atoms. The lowest BCUT2D eigenvalue weighted by Crippen LogP contribution is -2.55. The Labute approximate surface area is 175 Å². The zero-order chi connectivity index (χ0) is 21.1. The molecule has 2 aromatic carbocycles. The molecule has 0 bridgehead atoms. The molecule has 0 fully saturated rings. The first-order valence-electron chi connectivity index (χ1n) is 9.83. The van der Waals surface area contributed by atoms with Crippen LogP contribution in [0.2, 0.25) is 0 Å². The van der Waals surface area contributed by atoms with E-state index in [9.17, 15) is 13.2 Å². The Morgan fingerprint density at radius 2 is 1.83 bits per heavy atom. The maximum atomic E-state index is 13.7. The number of ether oxygens (including phenoxy) is 1. The van der Waals surface area contributed by atoms with Gasteiger partial charge in [0.1, 0.15) is 5.54 Å². The van der Waals surface area contributed by atoms with Crippen molar-refractivity contribution in [3.8, 4) is 0 Å². The maximum absolute atomic E-state index is 13.7. The van der Waals surface area contributed by atoms with Crippen molar-refractivity contribution in [2.24, 2.45) is 0 Å². The lowest BCUT2D eigenvalue weighted by Gasteiger charge is -2.39. The molecule has 0 N–H and O–H groups in total. The lowest BCUT2D eigenvalue weighted by atomic mass is 9.85. The van der Waals surface area contributed by atoms with Gasteiger partial charge in [-0.25, -0.2) is 17.2 Å². The molecule has 0 spiro atoms. The molecule has 3 aromatic rings. The molecule has 0 unspecified atom stereocenters. The number of nitrogens with zero attached hydrogens (tertiary/aromatic N) is 2. The number of hydrogen-bond donors (Lipinski definition) is 0. The van der Waals surface area contributed by atoms with Gasteiger partial charge in [-0.3, -0.25) is 4.90 Å². The number of rotatable bonds is 3. The number of fused-ring (bicyclic) bond motifs is 4. The first-order chi connectivity index (χ1) is 14.4. The van der Waals surface area contributed by atoms with Crippen LogP contribution in [0.4, 0.5) is 0 Å². The molecule has 7 heteroatoms. The monoisotopic (exact) mass is 422 g/mol. The molecule has 6 nitrogen and oxygen atoms in total. The van der Waals surface area contributed by atoms with Crippen LogP contribution >= 0.6 is 0 Å². The van der Waals surface area contributed by atoms with Gasteiger partial charge >= 0.3 is 5.97 Å². The molecule has 154 valence electrons. The molecular formula is C23H22N2O4S. The molecule has 3 heterocycles. The fourth-order valence-electron chi connectivity index (χ4n) is 4.69. The predicted octanol–water partition coefficient (Wildman–Crippen LogP) is 3.03. The van der Waals surface area contributed by atoms with E-state index in [-0.39, 0.29) is 10.9 Å². The number of aryl methyl sites for hydroxylation is 1. The standard InChI is InChI=1S/C23H22N2O4S/c1-16-8-10-17(11-9-16)30(27,28)25-20-7-4-3-6-18(20)19-14-23(22(26)29-2)12-5-13-24(23)15-21(19)25/h3-12H,13-15H2,1-2H3/t23-/m1/s1. The van der Waals surface area contributed by atoms with E-state index in [1.807, 2.05) is 48.2 Å². The second-order valence-corrected chi connectivity index (χ2v) is 9.69. The van der Waals surface area contributed by atoms with Gasteiger partial charge in [0.2, 0.25) is 0 Å². The van der Waals surface area contributed by atoms with Crippen LogP contribution in [0.3, 0.4) is 0 Å².